The molecule has 1 unspecified atom stereocenters. The number of aliphatic hydroxyl groups is 1. The van der Waals surface area contributed by atoms with Gasteiger partial charge in [-0.2, -0.15) is 0 Å². The number of hydrogen-bond acceptors (Lipinski definition) is 1. The summed E-state index contributed by atoms with van der Waals surface area (Å²) in [5, 5.41) is 8.87. The average molecular weight is 138 g/mol. The van der Waals surface area contributed by atoms with Gasteiger partial charge in [0.15, 0.2) is 0 Å². The van der Waals surface area contributed by atoms with Crippen molar-refractivity contribution in [2.45, 2.75) is 32.3 Å². The van der Waals surface area contributed by atoms with Gasteiger partial charge in [-0.15, -0.1) is 6.42 Å². The monoisotopic (exact) mass is 138 g/mol. The van der Waals surface area contributed by atoms with Gasteiger partial charge >= 0.3 is 0 Å². The van der Waals surface area contributed by atoms with Crippen molar-refractivity contribution in [1.82, 2.24) is 0 Å². The first kappa shape index (κ1) is 9.26. The molecule has 0 saturated carbocycles. The van der Waals surface area contributed by atoms with Gasteiger partial charge < -0.3 is 5.11 Å². The average Bonchev–Trinajstić information content (AvgIpc) is 1.98. The Morgan fingerprint density at radius 2 is 2.30 bits per heavy atom. The molecule has 0 aliphatic heterocycles. The van der Waals surface area contributed by atoms with Crippen LogP contribution < -0.4 is 0 Å². The Hall–Kier alpha value is -0.740. The fourth-order valence-corrected chi connectivity index (χ4v) is 0.578. The van der Waals surface area contributed by atoms with E-state index >= 15 is 0 Å². The van der Waals surface area contributed by atoms with E-state index in [1.807, 2.05) is 12.2 Å². The molecular formula is C9H14O. The summed E-state index contributed by atoms with van der Waals surface area (Å²) in [6.07, 6.45) is 11.1. The lowest BCUT2D eigenvalue weighted by Gasteiger charge is -1.94. The van der Waals surface area contributed by atoms with Crippen molar-refractivity contribution < 1.29 is 5.11 Å². The lowest BCUT2D eigenvalue weighted by molar-refractivity contribution is 0.236. The minimum Gasteiger partial charge on any atom is -0.380 e. The summed E-state index contributed by atoms with van der Waals surface area (Å²) in [5.74, 6) is 2.25. The Morgan fingerprint density at radius 1 is 1.60 bits per heavy atom. The second-order valence-electron chi connectivity index (χ2n) is 2.18. The van der Waals surface area contributed by atoms with Gasteiger partial charge in [0.25, 0.3) is 0 Å². The highest BCUT2D eigenvalue weighted by atomic mass is 16.3. The molecule has 0 fully saturated rings. The summed E-state index contributed by atoms with van der Waals surface area (Å²) in [4.78, 5) is 0. The van der Waals surface area contributed by atoms with Crippen LogP contribution in [0, 0.1) is 12.3 Å². The van der Waals surface area contributed by atoms with Crippen LogP contribution in [-0.4, -0.2) is 11.2 Å². The molecule has 0 heterocycles. The summed E-state index contributed by atoms with van der Waals surface area (Å²) in [5.41, 5.74) is 0. The number of hydrogen-bond donors (Lipinski definition) is 1. The fraction of sp³-hybridized carbons (Fsp3) is 0.556. The van der Waals surface area contributed by atoms with Crippen LogP contribution in [0.3, 0.4) is 0 Å². The molecule has 0 bridgehead atoms. The minimum absolute atomic E-state index is 0.580. The quantitative estimate of drug-likeness (QED) is 0.463. The molecule has 0 saturated heterocycles. The summed E-state index contributed by atoms with van der Waals surface area (Å²) in [7, 11) is 0. The smallest absolute Gasteiger partial charge is 0.117 e. The Morgan fingerprint density at radius 3 is 2.80 bits per heavy atom. The predicted molar refractivity (Wildman–Crippen MR) is 43.5 cm³/mol. The van der Waals surface area contributed by atoms with Crippen LogP contribution in [0.4, 0.5) is 0 Å². The van der Waals surface area contributed by atoms with E-state index in [4.69, 9.17) is 11.5 Å². The van der Waals surface area contributed by atoms with Crippen molar-refractivity contribution in [3.8, 4) is 12.3 Å². The zero-order valence-electron chi connectivity index (χ0n) is 6.38. The van der Waals surface area contributed by atoms with Crippen molar-refractivity contribution in [2.24, 2.45) is 0 Å². The molecule has 0 aromatic carbocycles. The predicted octanol–water partition coefficient (Wildman–Crippen LogP) is 1.73. The van der Waals surface area contributed by atoms with Crippen molar-refractivity contribution in [2.75, 3.05) is 0 Å². The fourth-order valence-electron chi connectivity index (χ4n) is 0.578. The Balaban J connectivity index is 3.27. The zero-order valence-corrected chi connectivity index (χ0v) is 6.38. The van der Waals surface area contributed by atoms with E-state index in [1.165, 1.54) is 0 Å². The van der Waals surface area contributed by atoms with Gasteiger partial charge in [0.1, 0.15) is 6.10 Å². The van der Waals surface area contributed by atoms with E-state index in [1.54, 1.807) is 0 Å². The minimum atomic E-state index is -0.604. The highest BCUT2D eigenvalue weighted by Crippen LogP contribution is 1.94. The summed E-state index contributed by atoms with van der Waals surface area (Å²) in [6, 6.07) is 0. The molecule has 10 heavy (non-hydrogen) atoms. The number of allylic oxidation sites excluding steroid dienone is 1. The summed E-state index contributed by atoms with van der Waals surface area (Å²) in [6.45, 7) is 2.11. The van der Waals surface area contributed by atoms with E-state index in [2.05, 4.69) is 12.8 Å². The molecule has 0 aliphatic carbocycles. The number of aliphatic hydroxyl groups excluding tert-OH is 1. The third-order valence-corrected chi connectivity index (χ3v) is 1.17. The lowest BCUT2D eigenvalue weighted by atomic mass is 10.2. The van der Waals surface area contributed by atoms with E-state index < -0.39 is 6.10 Å². The van der Waals surface area contributed by atoms with Crippen LogP contribution in [0.5, 0.6) is 0 Å². The van der Waals surface area contributed by atoms with Gasteiger partial charge in [0, 0.05) is 6.42 Å². The van der Waals surface area contributed by atoms with Gasteiger partial charge in [0.05, 0.1) is 0 Å². The van der Waals surface area contributed by atoms with Crippen LogP contribution in [-0.2, 0) is 0 Å². The molecule has 1 heteroatoms. The number of terminal acetylenes is 1. The molecular weight excluding hydrogens is 124 g/mol. The summed E-state index contributed by atoms with van der Waals surface area (Å²) < 4.78 is 0. The number of unbranched alkanes of at least 4 members (excludes halogenated alkanes) is 1. The SMILES string of the molecule is C#CC(O)CC=CCCC. The molecule has 1 nitrogen and oxygen atoms in total. The zero-order chi connectivity index (χ0) is 7.82. The maximum atomic E-state index is 8.87. The summed E-state index contributed by atoms with van der Waals surface area (Å²) >= 11 is 0. The first-order chi connectivity index (χ1) is 4.81. The van der Waals surface area contributed by atoms with E-state index in [0.717, 1.165) is 12.8 Å². The highest BCUT2D eigenvalue weighted by Gasteiger charge is 1.91. The van der Waals surface area contributed by atoms with Crippen LogP contribution in [0.1, 0.15) is 26.2 Å². The van der Waals surface area contributed by atoms with Crippen LogP contribution in [0.2, 0.25) is 0 Å². The van der Waals surface area contributed by atoms with Gasteiger partial charge in [-0.05, 0) is 6.42 Å². The standard InChI is InChI=1S/C9H14O/c1-3-5-6-7-8-9(10)4-2/h2,6-7,9-10H,3,5,8H2,1H3. The lowest BCUT2D eigenvalue weighted by Crippen LogP contribution is -1.98. The third-order valence-electron chi connectivity index (χ3n) is 1.17. The molecule has 0 aromatic rings. The third kappa shape index (κ3) is 5.40. The molecule has 0 aromatic heterocycles. The van der Waals surface area contributed by atoms with Gasteiger partial charge in [-0.1, -0.05) is 31.4 Å². The van der Waals surface area contributed by atoms with Gasteiger partial charge in [-0.3, -0.25) is 0 Å². The van der Waals surface area contributed by atoms with Gasteiger partial charge in [0.2, 0.25) is 0 Å². The van der Waals surface area contributed by atoms with Gasteiger partial charge in [-0.25, -0.2) is 0 Å². The van der Waals surface area contributed by atoms with Crippen LogP contribution in [0.15, 0.2) is 12.2 Å². The highest BCUT2D eigenvalue weighted by molar-refractivity contribution is 4.98. The molecule has 0 spiro atoms. The molecule has 0 radical (unpaired) electrons. The van der Waals surface area contributed by atoms with Crippen molar-refractivity contribution >= 4 is 0 Å². The Kier molecular flexibility index (Phi) is 5.91. The van der Waals surface area contributed by atoms with Crippen LogP contribution >= 0.6 is 0 Å². The van der Waals surface area contributed by atoms with Crippen molar-refractivity contribution in [3.05, 3.63) is 12.2 Å². The first-order valence-electron chi connectivity index (χ1n) is 3.60. The number of rotatable bonds is 4. The molecule has 0 aliphatic rings. The topological polar surface area (TPSA) is 20.2 Å². The maximum absolute atomic E-state index is 8.87. The molecule has 0 rings (SSSR count). The first-order valence-corrected chi connectivity index (χ1v) is 3.60. The maximum Gasteiger partial charge on any atom is 0.117 e. The van der Waals surface area contributed by atoms with E-state index in [-0.39, 0.29) is 0 Å². The molecule has 1 atom stereocenters. The van der Waals surface area contributed by atoms with E-state index in [0.29, 0.717) is 6.42 Å². The van der Waals surface area contributed by atoms with Crippen molar-refractivity contribution in [3.63, 3.8) is 0 Å². The normalized spacial score (nSPS) is 13.3. The van der Waals surface area contributed by atoms with Crippen LogP contribution in [0.25, 0.3) is 0 Å². The van der Waals surface area contributed by atoms with E-state index in [9.17, 15) is 0 Å². The van der Waals surface area contributed by atoms with Crippen molar-refractivity contribution in [1.29, 1.82) is 0 Å². The molecule has 56 valence electrons. The Labute approximate surface area is 62.8 Å². The molecule has 0 amide bonds. The molecule has 1 N–H and O–H groups in total. The largest absolute Gasteiger partial charge is 0.380 e. The second kappa shape index (κ2) is 6.38. The Bertz CT molecular complexity index is 130. The second-order valence-corrected chi connectivity index (χ2v) is 2.18.